The minimum atomic E-state index is -0.982. The van der Waals surface area contributed by atoms with E-state index in [9.17, 15) is 19.5 Å². The Hall–Kier alpha value is -3.88. The number of pyridine rings is 1. The number of nitrogens with zero attached hydrogens (tertiary/aromatic N) is 2. The number of aliphatic hydroxyl groups excluding tert-OH is 1. The molecule has 4 rings (SSSR count). The van der Waals surface area contributed by atoms with Crippen molar-refractivity contribution in [3.05, 3.63) is 93.2 Å². The van der Waals surface area contributed by atoms with Gasteiger partial charge in [-0.05, 0) is 48.4 Å². The number of halogens is 2. The van der Waals surface area contributed by atoms with Gasteiger partial charge in [0, 0.05) is 23.6 Å². The van der Waals surface area contributed by atoms with E-state index in [1.165, 1.54) is 30.3 Å². The van der Waals surface area contributed by atoms with Gasteiger partial charge in [0.2, 0.25) is 0 Å². The maximum absolute atomic E-state index is 13.3. The molecule has 2 heterocycles. The van der Waals surface area contributed by atoms with E-state index in [4.69, 9.17) is 32.7 Å². The zero-order chi connectivity index (χ0) is 26.7. The standard InChI is InChI=1S/C27H22Cl2N2O6/c1-3-37-21(32)11-15-6-8-18(9-7-15)31-23(16-5-4-10-30-14-16)22(25(34)27(31)35)24(33)17-12-19(28)26(36-2)20(29)13-17/h4-10,12-14,23,33H,3,11H2,1-2H3/b24-22+. The normalized spacial score (nSPS) is 16.6. The van der Waals surface area contributed by atoms with Gasteiger partial charge in [-0.15, -0.1) is 0 Å². The van der Waals surface area contributed by atoms with Gasteiger partial charge in [0.1, 0.15) is 5.76 Å². The first-order valence-corrected chi connectivity index (χ1v) is 12.0. The highest BCUT2D eigenvalue weighted by molar-refractivity contribution is 6.51. The van der Waals surface area contributed by atoms with Crippen molar-refractivity contribution >= 4 is 52.3 Å². The van der Waals surface area contributed by atoms with E-state index in [0.29, 0.717) is 16.8 Å². The molecule has 1 amide bonds. The number of methoxy groups -OCH3 is 1. The highest BCUT2D eigenvalue weighted by Crippen LogP contribution is 2.43. The molecule has 1 aliphatic heterocycles. The number of Topliss-reactive ketones (excluding diaryl/α,β-unsaturated/α-hetero) is 1. The average molecular weight is 541 g/mol. The molecular weight excluding hydrogens is 519 g/mol. The molecule has 3 aromatic rings. The van der Waals surface area contributed by atoms with Crippen molar-refractivity contribution in [2.45, 2.75) is 19.4 Å². The molecule has 1 aromatic heterocycles. The molecular formula is C27H22Cl2N2O6. The van der Waals surface area contributed by atoms with Crippen LogP contribution in [0.5, 0.6) is 5.75 Å². The van der Waals surface area contributed by atoms with Gasteiger partial charge in [-0.1, -0.05) is 41.4 Å². The fourth-order valence-corrected chi connectivity index (χ4v) is 4.79. The van der Waals surface area contributed by atoms with Crippen molar-refractivity contribution in [2.75, 3.05) is 18.6 Å². The fourth-order valence-electron chi connectivity index (χ4n) is 4.15. The Morgan fingerprint density at radius 3 is 2.35 bits per heavy atom. The number of amides is 1. The average Bonchev–Trinajstić information content (AvgIpc) is 3.15. The number of hydrogen-bond acceptors (Lipinski definition) is 7. The molecule has 10 heteroatoms. The molecule has 1 aliphatic rings. The monoisotopic (exact) mass is 540 g/mol. The number of carbonyl (C=O) groups is 3. The SMILES string of the molecule is CCOC(=O)Cc1ccc(N2C(=O)C(=O)/C(=C(/O)c3cc(Cl)c(OC)c(Cl)c3)C2c2cccnc2)cc1. The van der Waals surface area contributed by atoms with E-state index < -0.39 is 23.5 Å². The summed E-state index contributed by atoms with van der Waals surface area (Å²) in [5.74, 6) is -2.32. The lowest BCUT2D eigenvalue weighted by Gasteiger charge is -2.25. The first-order valence-electron chi connectivity index (χ1n) is 11.3. The maximum atomic E-state index is 13.3. The van der Waals surface area contributed by atoms with Crippen molar-refractivity contribution in [2.24, 2.45) is 0 Å². The number of aromatic nitrogens is 1. The molecule has 1 atom stereocenters. The number of anilines is 1. The van der Waals surface area contributed by atoms with Crippen LogP contribution in [0.25, 0.3) is 5.76 Å². The highest BCUT2D eigenvalue weighted by atomic mass is 35.5. The van der Waals surface area contributed by atoms with Crippen LogP contribution in [0.1, 0.15) is 29.7 Å². The van der Waals surface area contributed by atoms with Crippen LogP contribution in [0, 0.1) is 0 Å². The van der Waals surface area contributed by atoms with Crippen LogP contribution < -0.4 is 9.64 Å². The van der Waals surface area contributed by atoms with Crippen LogP contribution >= 0.6 is 23.2 Å². The highest BCUT2D eigenvalue weighted by Gasteiger charge is 2.47. The molecule has 0 aliphatic carbocycles. The summed E-state index contributed by atoms with van der Waals surface area (Å²) < 4.78 is 10.1. The van der Waals surface area contributed by atoms with Crippen LogP contribution in [0.2, 0.25) is 10.0 Å². The van der Waals surface area contributed by atoms with Crippen molar-refractivity contribution in [1.29, 1.82) is 0 Å². The number of esters is 1. The lowest BCUT2D eigenvalue weighted by Crippen LogP contribution is -2.29. The number of ketones is 1. The van der Waals surface area contributed by atoms with Crippen molar-refractivity contribution in [3.63, 3.8) is 0 Å². The van der Waals surface area contributed by atoms with Crippen molar-refractivity contribution in [3.8, 4) is 5.75 Å². The summed E-state index contributed by atoms with van der Waals surface area (Å²) in [6.07, 6.45) is 3.14. The summed E-state index contributed by atoms with van der Waals surface area (Å²) in [6.45, 7) is 2.00. The molecule has 0 saturated carbocycles. The lowest BCUT2D eigenvalue weighted by molar-refractivity contribution is -0.142. The first-order chi connectivity index (χ1) is 17.8. The number of benzene rings is 2. The Kier molecular flexibility index (Phi) is 7.80. The molecule has 8 nitrogen and oxygen atoms in total. The Morgan fingerprint density at radius 1 is 1.11 bits per heavy atom. The minimum absolute atomic E-state index is 0.0674. The van der Waals surface area contributed by atoms with E-state index in [1.54, 1.807) is 49.5 Å². The summed E-state index contributed by atoms with van der Waals surface area (Å²) in [6, 6.07) is 11.8. The van der Waals surface area contributed by atoms with Crippen LogP contribution in [-0.2, 0) is 25.5 Å². The van der Waals surface area contributed by atoms with Gasteiger partial charge in [-0.3, -0.25) is 24.3 Å². The second-order valence-electron chi connectivity index (χ2n) is 8.08. The zero-order valence-corrected chi connectivity index (χ0v) is 21.4. The molecule has 37 heavy (non-hydrogen) atoms. The zero-order valence-electron chi connectivity index (χ0n) is 19.9. The largest absolute Gasteiger partial charge is 0.507 e. The van der Waals surface area contributed by atoms with Gasteiger partial charge in [-0.2, -0.15) is 0 Å². The van der Waals surface area contributed by atoms with Gasteiger partial charge in [0.05, 0.1) is 41.8 Å². The Morgan fingerprint density at radius 2 is 1.78 bits per heavy atom. The Labute approximate surface area is 223 Å². The van der Waals surface area contributed by atoms with Gasteiger partial charge >= 0.3 is 5.97 Å². The first kappa shape index (κ1) is 26.2. The van der Waals surface area contributed by atoms with E-state index in [-0.39, 0.29) is 45.9 Å². The van der Waals surface area contributed by atoms with Crippen LogP contribution in [0.15, 0.2) is 66.5 Å². The summed E-state index contributed by atoms with van der Waals surface area (Å²) in [5.41, 5.74) is 1.58. The maximum Gasteiger partial charge on any atom is 0.310 e. The number of carbonyl (C=O) groups excluding carboxylic acids is 3. The van der Waals surface area contributed by atoms with Gasteiger partial charge in [-0.25, -0.2) is 0 Å². The number of ether oxygens (including phenoxy) is 2. The third-order valence-electron chi connectivity index (χ3n) is 5.79. The van der Waals surface area contributed by atoms with Crippen molar-refractivity contribution < 1.29 is 29.0 Å². The van der Waals surface area contributed by atoms with Crippen molar-refractivity contribution in [1.82, 2.24) is 4.98 Å². The van der Waals surface area contributed by atoms with Gasteiger partial charge in [0.25, 0.3) is 11.7 Å². The molecule has 0 spiro atoms. The summed E-state index contributed by atoms with van der Waals surface area (Å²) in [4.78, 5) is 43.8. The fraction of sp³-hybridized carbons (Fsp3) is 0.185. The number of rotatable bonds is 7. The van der Waals surface area contributed by atoms with E-state index in [2.05, 4.69) is 4.98 Å². The second kappa shape index (κ2) is 11.0. The topological polar surface area (TPSA) is 106 Å². The molecule has 0 radical (unpaired) electrons. The van der Waals surface area contributed by atoms with Crippen LogP contribution in [0.4, 0.5) is 5.69 Å². The molecule has 1 N–H and O–H groups in total. The van der Waals surface area contributed by atoms with Crippen LogP contribution in [0.3, 0.4) is 0 Å². The smallest absolute Gasteiger partial charge is 0.310 e. The Bertz CT molecular complexity index is 1370. The number of hydrogen-bond donors (Lipinski definition) is 1. The molecule has 2 aromatic carbocycles. The molecule has 1 unspecified atom stereocenters. The van der Waals surface area contributed by atoms with E-state index >= 15 is 0 Å². The van der Waals surface area contributed by atoms with E-state index in [1.807, 2.05) is 0 Å². The summed E-state index contributed by atoms with van der Waals surface area (Å²) in [5, 5.41) is 11.5. The summed E-state index contributed by atoms with van der Waals surface area (Å²) >= 11 is 12.5. The van der Waals surface area contributed by atoms with E-state index in [0.717, 1.165) is 0 Å². The van der Waals surface area contributed by atoms with Gasteiger partial charge in [0.15, 0.2) is 5.75 Å². The molecule has 0 bridgehead atoms. The van der Waals surface area contributed by atoms with Crippen LogP contribution in [-0.4, -0.2) is 41.5 Å². The second-order valence-corrected chi connectivity index (χ2v) is 8.89. The summed E-state index contributed by atoms with van der Waals surface area (Å²) in [7, 11) is 1.40. The van der Waals surface area contributed by atoms with Gasteiger partial charge < -0.3 is 14.6 Å². The third kappa shape index (κ3) is 5.16. The predicted octanol–water partition coefficient (Wildman–Crippen LogP) is 5.13. The third-order valence-corrected chi connectivity index (χ3v) is 6.35. The lowest BCUT2D eigenvalue weighted by atomic mass is 9.96. The minimum Gasteiger partial charge on any atom is -0.507 e. The number of aliphatic hydroxyl groups is 1. The molecule has 190 valence electrons. The molecule has 1 fully saturated rings. The Balaban J connectivity index is 1.82. The predicted molar refractivity (Wildman–Crippen MR) is 139 cm³/mol. The molecule has 1 saturated heterocycles. The quantitative estimate of drug-likeness (QED) is 0.191.